The zero-order valence-corrected chi connectivity index (χ0v) is 16.0. The van der Waals surface area contributed by atoms with Gasteiger partial charge in [-0.1, -0.05) is 32.4 Å². The average Bonchev–Trinajstić information content (AvgIpc) is 2.58. The number of rotatable bonds is 4. The van der Waals surface area contributed by atoms with Gasteiger partial charge in [-0.2, -0.15) is 0 Å². The van der Waals surface area contributed by atoms with Crippen LogP contribution < -0.4 is 16.0 Å². The molecular formula is C18H28ClN5O. The van der Waals surface area contributed by atoms with Crippen LogP contribution >= 0.6 is 11.6 Å². The molecule has 1 aromatic carbocycles. The fraction of sp³-hybridized carbons (Fsp3) is 0.556. The van der Waals surface area contributed by atoms with Crippen LogP contribution in [0.15, 0.2) is 29.3 Å². The molecule has 0 spiro atoms. The Balaban J connectivity index is 1.76. The SMILES string of the molecule is CC(C)(C)C(=O)NCCN=C(N)N1CCN(c2ccc(Cl)cc2)CC1. The van der Waals surface area contributed by atoms with Crippen molar-refractivity contribution in [3.8, 4) is 0 Å². The number of anilines is 1. The molecule has 0 bridgehead atoms. The summed E-state index contributed by atoms with van der Waals surface area (Å²) in [5.74, 6) is 0.568. The molecule has 7 heteroatoms. The molecule has 1 aromatic rings. The number of carbonyl (C=O) groups is 1. The van der Waals surface area contributed by atoms with Gasteiger partial charge in [0.05, 0.1) is 6.54 Å². The Morgan fingerprint density at radius 3 is 2.36 bits per heavy atom. The first kappa shape index (κ1) is 19.4. The normalized spacial score (nSPS) is 16.1. The molecule has 0 aromatic heterocycles. The van der Waals surface area contributed by atoms with Crippen molar-refractivity contribution in [3.05, 3.63) is 29.3 Å². The topological polar surface area (TPSA) is 74.0 Å². The summed E-state index contributed by atoms with van der Waals surface area (Å²) >= 11 is 5.93. The van der Waals surface area contributed by atoms with E-state index in [1.54, 1.807) is 0 Å². The van der Waals surface area contributed by atoms with Crippen molar-refractivity contribution in [2.45, 2.75) is 20.8 Å². The van der Waals surface area contributed by atoms with Gasteiger partial charge in [0, 0.05) is 48.8 Å². The van der Waals surface area contributed by atoms with E-state index in [-0.39, 0.29) is 11.3 Å². The van der Waals surface area contributed by atoms with Crippen molar-refractivity contribution in [1.82, 2.24) is 10.2 Å². The van der Waals surface area contributed by atoms with Gasteiger partial charge in [0.25, 0.3) is 0 Å². The van der Waals surface area contributed by atoms with E-state index in [1.807, 2.05) is 45.0 Å². The Bertz CT molecular complexity index is 601. The van der Waals surface area contributed by atoms with Crippen LogP contribution in [0.5, 0.6) is 0 Å². The van der Waals surface area contributed by atoms with Crippen molar-refractivity contribution in [2.24, 2.45) is 16.1 Å². The van der Waals surface area contributed by atoms with Gasteiger partial charge in [-0.05, 0) is 24.3 Å². The lowest BCUT2D eigenvalue weighted by molar-refractivity contribution is -0.128. The summed E-state index contributed by atoms with van der Waals surface area (Å²) in [6.45, 7) is 10.1. The van der Waals surface area contributed by atoms with Crippen LogP contribution in [0.2, 0.25) is 5.02 Å². The van der Waals surface area contributed by atoms with E-state index in [2.05, 4.69) is 20.1 Å². The van der Waals surface area contributed by atoms with Gasteiger partial charge in [0.1, 0.15) is 0 Å². The van der Waals surface area contributed by atoms with Crippen molar-refractivity contribution >= 4 is 29.2 Å². The van der Waals surface area contributed by atoms with Gasteiger partial charge in [-0.25, -0.2) is 0 Å². The van der Waals surface area contributed by atoms with E-state index in [9.17, 15) is 4.79 Å². The highest BCUT2D eigenvalue weighted by Crippen LogP contribution is 2.19. The summed E-state index contributed by atoms with van der Waals surface area (Å²) in [6, 6.07) is 7.89. The zero-order chi connectivity index (χ0) is 18.4. The summed E-state index contributed by atoms with van der Waals surface area (Å²) < 4.78 is 0. The third kappa shape index (κ3) is 5.81. The number of nitrogens with zero attached hydrogens (tertiary/aromatic N) is 3. The van der Waals surface area contributed by atoms with Crippen molar-refractivity contribution in [3.63, 3.8) is 0 Å². The highest BCUT2D eigenvalue weighted by molar-refractivity contribution is 6.30. The van der Waals surface area contributed by atoms with Crippen LogP contribution in [0.4, 0.5) is 5.69 Å². The van der Waals surface area contributed by atoms with Crippen LogP contribution in [-0.4, -0.2) is 56.0 Å². The first-order valence-corrected chi connectivity index (χ1v) is 8.99. The smallest absolute Gasteiger partial charge is 0.225 e. The van der Waals surface area contributed by atoms with Gasteiger partial charge < -0.3 is 20.9 Å². The summed E-state index contributed by atoms with van der Waals surface area (Å²) in [5, 5.41) is 3.62. The molecule has 1 aliphatic heterocycles. The molecule has 2 rings (SSSR count). The molecule has 25 heavy (non-hydrogen) atoms. The number of hydrogen-bond acceptors (Lipinski definition) is 3. The number of nitrogens with one attached hydrogen (secondary N) is 1. The predicted octanol–water partition coefficient (Wildman–Crippen LogP) is 1.94. The summed E-state index contributed by atoms with van der Waals surface area (Å²) in [5.41, 5.74) is 6.87. The number of benzene rings is 1. The Labute approximate surface area is 155 Å². The molecule has 1 amide bonds. The highest BCUT2D eigenvalue weighted by Gasteiger charge is 2.20. The molecule has 3 N–H and O–H groups in total. The molecule has 0 saturated carbocycles. The molecule has 1 heterocycles. The molecule has 138 valence electrons. The number of guanidine groups is 1. The van der Waals surface area contributed by atoms with E-state index in [0.717, 1.165) is 31.2 Å². The van der Waals surface area contributed by atoms with Crippen molar-refractivity contribution < 1.29 is 4.79 Å². The second-order valence-corrected chi connectivity index (χ2v) is 7.63. The number of aliphatic imine (C=N–C) groups is 1. The molecule has 0 unspecified atom stereocenters. The highest BCUT2D eigenvalue weighted by atomic mass is 35.5. The Morgan fingerprint density at radius 1 is 1.20 bits per heavy atom. The largest absolute Gasteiger partial charge is 0.370 e. The number of hydrogen-bond donors (Lipinski definition) is 2. The van der Waals surface area contributed by atoms with E-state index < -0.39 is 0 Å². The predicted molar refractivity (Wildman–Crippen MR) is 104 cm³/mol. The van der Waals surface area contributed by atoms with Crippen LogP contribution in [0.1, 0.15) is 20.8 Å². The van der Waals surface area contributed by atoms with Crippen LogP contribution in [-0.2, 0) is 4.79 Å². The van der Waals surface area contributed by atoms with Gasteiger partial charge in [-0.15, -0.1) is 0 Å². The lowest BCUT2D eigenvalue weighted by Crippen LogP contribution is -2.51. The molecular weight excluding hydrogens is 338 g/mol. The van der Waals surface area contributed by atoms with E-state index in [0.29, 0.717) is 19.0 Å². The minimum Gasteiger partial charge on any atom is -0.370 e. The lowest BCUT2D eigenvalue weighted by atomic mass is 9.96. The lowest BCUT2D eigenvalue weighted by Gasteiger charge is -2.36. The maximum Gasteiger partial charge on any atom is 0.225 e. The third-order valence-electron chi connectivity index (χ3n) is 4.15. The van der Waals surface area contributed by atoms with Gasteiger partial charge >= 0.3 is 0 Å². The van der Waals surface area contributed by atoms with Crippen LogP contribution in [0.25, 0.3) is 0 Å². The number of carbonyl (C=O) groups excluding carboxylic acids is 1. The van der Waals surface area contributed by atoms with E-state index >= 15 is 0 Å². The van der Waals surface area contributed by atoms with Crippen LogP contribution in [0.3, 0.4) is 0 Å². The first-order chi connectivity index (χ1) is 11.8. The maximum absolute atomic E-state index is 11.8. The minimum atomic E-state index is -0.382. The van der Waals surface area contributed by atoms with Gasteiger partial charge in [-0.3, -0.25) is 9.79 Å². The molecule has 0 aliphatic carbocycles. The minimum absolute atomic E-state index is 0.0258. The Hall–Kier alpha value is -1.95. The second kappa shape index (κ2) is 8.43. The van der Waals surface area contributed by atoms with E-state index in [4.69, 9.17) is 17.3 Å². The Kier molecular flexibility index (Phi) is 6.53. The maximum atomic E-state index is 11.8. The summed E-state index contributed by atoms with van der Waals surface area (Å²) in [6.07, 6.45) is 0. The van der Waals surface area contributed by atoms with Crippen molar-refractivity contribution in [1.29, 1.82) is 0 Å². The monoisotopic (exact) mass is 365 g/mol. The van der Waals surface area contributed by atoms with Gasteiger partial charge in [0.15, 0.2) is 5.96 Å². The number of nitrogens with two attached hydrogens (primary N) is 1. The zero-order valence-electron chi connectivity index (χ0n) is 15.3. The second-order valence-electron chi connectivity index (χ2n) is 7.20. The number of amides is 1. The fourth-order valence-electron chi connectivity index (χ4n) is 2.55. The Morgan fingerprint density at radius 2 is 1.80 bits per heavy atom. The molecule has 0 atom stereocenters. The summed E-state index contributed by atoms with van der Waals surface area (Å²) in [4.78, 5) is 20.6. The third-order valence-corrected chi connectivity index (χ3v) is 4.40. The fourth-order valence-corrected chi connectivity index (χ4v) is 2.68. The van der Waals surface area contributed by atoms with Gasteiger partial charge in [0.2, 0.25) is 5.91 Å². The number of halogens is 1. The molecule has 1 saturated heterocycles. The number of piperazine rings is 1. The van der Waals surface area contributed by atoms with E-state index in [1.165, 1.54) is 5.69 Å². The molecule has 6 nitrogen and oxygen atoms in total. The molecule has 1 aliphatic rings. The molecule has 0 radical (unpaired) electrons. The molecule has 1 fully saturated rings. The summed E-state index contributed by atoms with van der Waals surface area (Å²) in [7, 11) is 0. The average molecular weight is 366 g/mol. The quantitative estimate of drug-likeness (QED) is 0.486. The standard InChI is InChI=1S/C18H28ClN5O/c1-18(2,3)16(25)21-8-9-22-17(20)24-12-10-23(11-13-24)15-6-4-14(19)5-7-15/h4-7H,8-13H2,1-3H3,(H2,20,22)(H,21,25). The van der Waals surface area contributed by atoms with Crippen LogP contribution in [0, 0.1) is 5.41 Å². The first-order valence-electron chi connectivity index (χ1n) is 8.61. The van der Waals surface area contributed by atoms with Crippen molar-refractivity contribution in [2.75, 3.05) is 44.2 Å².